The molecule has 6 heteroatoms. The van der Waals surface area contributed by atoms with E-state index in [0.29, 0.717) is 10.7 Å². The summed E-state index contributed by atoms with van der Waals surface area (Å²) in [6, 6.07) is 3.14. The minimum absolute atomic E-state index is 0.0625. The number of nitrogens with zero attached hydrogens (tertiary/aromatic N) is 1. The van der Waals surface area contributed by atoms with Gasteiger partial charge in [-0.25, -0.2) is 4.98 Å². The Kier molecular flexibility index (Phi) is 4.33. The third kappa shape index (κ3) is 3.27. The molecule has 0 bridgehead atoms. The molecule has 0 saturated heterocycles. The monoisotopic (exact) mass is 332 g/mol. The number of halogens is 3. The first-order valence-electron chi connectivity index (χ1n) is 6.19. The number of amides is 1. The summed E-state index contributed by atoms with van der Waals surface area (Å²) in [6.45, 7) is 5.91. The highest BCUT2D eigenvalue weighted by Gasteiger charge is 2.60. The maximum atomic E-state index is 12.3. The van der Waals surface area contributed by atoms with E-state index < -0.39 is 0 Å². The number of rotatable bonds is 3. The molecule has 0 spiro atoms. The Morgan fingerprint density at radius 1 is 1.35 bits per heavy atom. The Bertz CT molecular complexity index is 560. The van der Waals surface area contributed by atoms with E-state index in [2.05, 4.69) is 10.3 Å². The molecule has 1 aliphatic carbocycles. The van der Waals surface area contributed by atoms with Crippen molar-refractivity contribution in [2.75, 3.05) is 5.32 Å². The van der Waals surface area contributed by atoms with Gasteiger partial charge in [-0.15, -0.1) is 0 Å². The van der Waals surface area contributed by atoms with Crippen LogP contribution in [0.3, 0.4) is 0 Å². The zero-order valence-corrected chi connectivity index (χ0v) is 13.6. The summed E-state index contributed by atoms with van der Waals surface area (Å²) in [7, 11) is 0. The summed E-state index contributed by atoms with van der Waals surface area (Å²) in [5.41, 5.74) is 0.453. The topological polar surface area (TPSA) is 42.0 Å². The maximum Gasteiger partial charge on any atom is 0.228 e. The van der Waals surface area contributed by atoms with Gasteiger partial charge >= 0.3 is 0 Å². The normalized spacial score (nSPS) is 24.4. The van der Waals surface area contributed by atoms with Crippen LogP contribution in [-0.2, 0) is 4.79 Å². The van der Waals surface area contributed by atoms with E-state index in [1.807, 2.05) is 26.8 Å². The van der Waals surface area contributed by atoms with Gasteiger partial charge in [0, 0.05) is 10.7 Å². The molecular formula is C14H15Cl3N2O. The summed E-state index contributed by atoms with van der Waals surface area (Å²) in [5.74, 6) is -0.0257. The second-order valence-corrected chi connectivity index (χ2v) is 6.94. The van der Waals surface area contributed by atoms with Gasteiger partial charge in [-0.05, 0) is 30.4 Å². The molecule has 0 aromatic carbocycles. The van der Waals surface area contributed by atoms with Crippen molar-refractivity contribution in [1.82, 2.24) is 4.98 Å². The van der Waals surface area contributed by atoms with Crippen LogP contribution in [0.1, 0.15) is 20.8 Å². The van der Waals surface area contributed by atoms with Crippen molar-refractivity contribution in [1.29, 1.82) is 0 Å². The lowest BCUT2D eigenvalue weighted by molar-refractivity contribution is -0.118. The van der Waals surface area contributed by atoms with Crippen molar-refractivity contribution < 1.29 is 4.79 Å². The Morgan fingerprint density at radius 3 is 2.40 bits per heavy atom. The average Bonchev–Trinajstić information content (AvgIpc) is 2.77. The van der Waals surface area contributed by atoms with Crippen LogP contribution in [0.5, 0.6) is 0 Å². The third-order valence-corrected chi connectivity index (χ3v) is 4.15. The molecule has 1 fully saturated rings. The molecule has 1 saturated carbocycles. The van der Waals surface area contributed by atoms with Gasteiger partial charge in [-0.2, -0.15) is 0 Å². The highest BCUT2D eigenvalue weighted by atomic mass is 35.5. The second-order valence-electron chi connectivity index (χ2n) is 5.57. The molecule has 3 nitrogen and oxygen atoms in total. The van der Waals surface area contributed by atoms with Gasteiger partial charge in [-0.3, -0.25) is 4.79 Å². The lowest BCUT2D eigenvalue weighted by Gasteiger charge is -2.06. The summed E-state index contributed by atoms with van der Waals surface area (Å²) in [4.78, 5) is 16.2. The smallest absolute Gasteiger partial charge is 0.228 e. The zero-order chi connectivity index (χ0) is 15.1. The Labute approximate surface area is 133 Å². The summed E-state index contributed by atoms with van der Waals surface area (Å²) >= 11 is 17.5. The van der Waals surface area contributed by atoms with E-state index in [-0.39, 0.29) is 33.5 Å². The van der Waals surface area contributed by atoms with E-state index in [9.17, 15) is 4.79 Å². The predicted molar refractivity (Wildman–Crippen MR) is 83.3 cm³/mol. The number of aromatic nitrogens is 1. The minimum atomic E-state index is -0.109. The Hall–Kier alpha value is -0.770. The Morgan fingerprint density at radius 2 is 1.90 bits per heavy atom. The number of anilines is 1. The predicted octanol–water partition coefficient (Wildman–Crippen LogP) is 4.74. The summed E-state index contributed by atoms with van der Waals surface area (Å²) in [5, 5.41) is 4.02. The molecule has 20 heavy (non-hydrogen) atoms. The van der Waals surface area contributed by atoms with Gasteiger partial charge in [0.05, 0.1) is 5.92 Å². The first kappa shape index (κ1) is 15.6. The van der Waals surface area contributed by atoms with E-state index >= 15 is 0 Å². The third-order valence-electron chi connectivity index (χ3n) is 3.63. The van der Waals surface area contributed by atoms with E-state index in [1.165, 1.54) is 0 Å². The highest BCUT2D eigenvalue weighted by molar-refractivity contribution is 6.33. The number of pyridine rings is 1. The zero-order valence-electron chi connectivity index (χ0n) is 11.4. The molecular weight excluding hydrogens is 319 g/mol. The highest BCUT2D eigenvalue weighted by Crippen LogP contribution is 2.59. The van der Waals surface area contributed by atoms with Crippen LogP contribution >= 0.6 is 34.8 Å². The van der Waals surface area contributed by atoms with Crippen molar-refractivity contribution in [3.8, 4) is 0 Å². The van der Waals surface area contributed by atoms with Crippen LogP contribution < -0.4 is 5.32 Å². The molecule has 1 amide bonds. The SMILES string of the molecule is C/C(Cl)=C/[C@@H]1[C@@H](C(=O)Nc2cc(Cl)nc(Cl)c2)C1(C)C. The average molecular weight is 334 g/mol. The van der Waals surface area contributed by atoms with Crippen LogP contribution in [0.25, 0.3) is 0 Å². The Balaban J connectivity index is 2.12. The molecule has 2 atom stereocenters. The molecule has 1 N–H and O–H groups in total. The van der Waals surface area contributed by atoms with Crippen molar-refractivity contribution in [3.63, 3.8) is 0 Å². The molecule has 0 unspecified atom stereocenters. The summed E-state index contributed by atoms with van der Waals surface area (Å²) in [6.07, 6.45) is 1.93. The van der Waals surface area contributed by atoms with Gasteiger partial charge in [0.15, 0.2) is 0 Å². The quantitative estimate of drug-likeness (QED) is 0.812. The minimum Gasteiger partial charge on any atom is -0.326 e. The van der Waals surface area contributed by atoms with Crippen molar-refractivity contribution in [2.24, 2.45) is 17.3 Å². The largest absolute Gasteiger partial charge is 0.326 e. The lowest BCUT2D eigenvalue weighted by atomic mass is 10.1. The molecule has 1 aromatic heterocycles. The van der Waals surface area contributed by atoms with Crippen LogP contribution in [0.15, 0.2) is 23.2 Å². The molecule has 0 aliphatic heterocycles. The van der Waals surface area contributed by atoms with Crippen LogP contribution in [-0.4, -0.2) is 10.9 Å². The molecule has 1 aromatic rings. The number of hydrogen-bond donors (Lipinski definition) is 1. The van der Waals surface area contributed by atoms with Crippen LogP contribution in [0, 0.1) is 17.3 Å². The number of carbonyl (C=O) groups excluding carboxylic acids is 1. The number of allylic oxidation sites excluding steroid dienone is 2. The number of hydrogen-bond acceptors (Lipinski definition) is 2. The first-order valence-corrected chi connectivity index (χ1v) is 7.33. The maximum absolute atomic E-state index is 12.3. The molecule has 108 valence electrons. The van der Waals surface area contributed by atoms with Crippen molar-refractivity contribution in [3.05, 3.63) is 33.5 Å². The fraction of sp³-hybridized carbons (Fsp3) is 0.429. The molecule has 2 rings (SSSR count). The van der Waals surface area contributed by atoms with Crippen LogP contribution in [0.4, 0.5) is 5.69 Å². The van der Waals surface area contributed by atoms with E-state index in [4.69, 9.17) is 34.8 Å². The van der Waals surface area contributed by atoms with Crippen molar-refractivity contribution in [2.45, 2.75) is 20.8 Å². The molecule has 0 radical (unpaired) electrons. The van der Waals surface area contributed by atoms with Gasteiger partial charge < -0.3 is 5.32 Å². The summed E-state index contributed by atoms with van der Waals surface area (Å²) < 4.78 is 0. The fourth-order valence-corrected chi connectivity index (χ4v) is 3.09. The van der Waals surface area contributed by atoms with Gasteiger partial charge in [-0.1, -0.05) is 54.7 Å². The fourth-order valence-electron chi connectivity index (χ4n) is 2.49. The van der Waals surface area contributed by atoms with Crippen molar-refractivity contribution >= 4 is 46.4 Å². The molecule has 1 aliphatic rings. The number of nitrogens with one attached hydrogen (secondary N) is 1. The van der Waals surface area contributed by atoms with Gasteiger partial charge in [0.2, 0.25) is 5.91 Å². The standard InChI is InChI=1S/C14H15Cl3N2O/c1-7(15)4-9-12(14(9,2)3)13(20)18-8-5-10(16)19-11(17)6-8/h4-6,9,12H,1-3H3,(H,18,19,20)/b7-4-/t9-,12+/m1/s1. The van der Waals surface area contributed by atoms with E-state index in [1.54, 1.807) is 12.1 Å². The van der Waals surface area contributed by atoms with Gasteiger partial charge in [0.1, 0.15) is 10.3 Å². The van der Waals surface area contributed by atoms with Crippen LogP contribution in [0.2, 0.25) is 10.3 Å². The first-order chi connectivity index (χ1) is 9.21. The van der Waals surface area contributed by atoms with E-state index in [0.717, 1.165) is 0 Å². The molecule has 1 heterocycles. The second kappa shape index (κ2) is 5.55. The van der Waals surface area contributed by atoms with Gasteiger partial charge in [0.25, 0.3) is 0 Å². The lowest BCUT2D eigenvalue weighted by Crippen LogP contribution is -2.17. The number of carbonyl (C=O) groups is 1.